The van der Waals surface area contributed by atoms with Crippen molar-refractivity contribution in [1.82, 2.24) is 4.98 Å². The first-order valence-electron chi connectivity index (χ1n) is 18.6. The minimum absolute atomic E-state index is 0.217. The lowest BCUT2D eigenvalue weighted by Crippen LogP contribution is -2.28. The van der Waals surface area contributed by atoms with Gasteiger partial charge in [-0.2, -0.15) is 0 Å². The SMILES string of the molecule is CCOC(=O)C(CCCCCOc1ccc2cc(-c3nc4ccc(OCCCCCC(C(=O)OCC)C(=O)OCC)cc4o3)ccc2c1)C(=O)OCC. The summed E-state index contributed by atoms with van der Waals surface area (Å²) in [5.41, 5.74) is 2.18. The summed E-state index contributed by atoms with van der Waals surface area (Å²) in [6, 6.07) is 17.5. The summed E-state index contributed by atoms with van der Waals surface area (Å²) >= 11 is 0. The number of rotatable bonds is 23. The van der Waals surface area contributed by atoms with Gasteiger partial charge in [-0.25, -0.2) is 4.98 Å². The zero-order chi connectivity index (χ0) is 38.0. The average Bonchev–Trinajstić information content (AvgIpc) is 3.58. The highest BCUT2D eigenvalue weighted by molar-refractivity contribution is 5.95. The quantitative estimate of drug-likeness (QED) is 0.0314. The second-order valence-electron chi connectivity index (χ2n) is 12.4. The Morgan fingerprint density at radius 1 is 0.566 bits per heavy atom. The van der Waals surface area contributed by atoms with Crippen LogP contribution in [0.5, 0.6) is 11.5 Å². The van der Waals surface area contributed by atoms with E-state index in [2.05, 4.69) is 4.98 Å². The summed E-state index contributed by atoms with van der Waals surface area (Å²) in [7, 11) is 0. The first kappa shape index (κ1) is 40.6. The van der Waals surface area contributed by atoms with Crippen molar-refractivity contribution in [2.24, 2.45) is 11.8 Å². The van der Waals surface area contributed by atoms with Gasteiger partial charge in [0.1, 0.15) is 17.0 Å². The Morgan fingerprint density at radius 3 is 1.57 bits per heavy atom. The maximum absolute atomic E-state index is 12.2. The van der Waals surface area contributed by atoms with Gasteiger partial charge in [-0.1, -0.05) is 37.8 Å². The van der Waals surface area contributed by atoms with E-state index in [0.717, 1.165) is 53.3 Å². The van der Waals surface area contributed by atoms with Crippen molar-refractivity contribution in [3.05, 3.63) is 54.6 Å². The van der Waals surface area contributed by atoms with E-state index in [4.69, 9.17) is 32.8 Å². The van der Waals surface area contributed by atoms with Crippen LogP contribution in [0.4, 0.5) is 0 Å². The van der Waals surface area contributed by atoms with Crippen LogP contribution in [-0.2, 0) is 38.1 Å². The molecular weight excluding hydrogens is 682 g/mol. The topological polar surface area (TPSA) is 150 Å². The van der Waals surface area contributed by atoms with Crippen LogP contribution in [0.2, 0.25) is 0 Å². The molecule has 12 heteroatoms. The first-order chi connectivity index (χ1) is 25.8. The highest BCUT2D eigenvalue weighted by atomic mass is 16.6. The van der Waals surface area contributed by atoms with Crippen LogP contribution >= 0.6 is 0 Å². The van der Waals surface area contributed by atoms with Crippen LogP contribution in [-0.4, -0.2) is 68.5 Å². The number of esters is 4. The van der Waals surface area contributed by atoms with Crippen molar-refractivity contribution in [2.45, 2.75) is 79.1 Å². The lowest BCUT2D eigenvalue weighted by molar-refractivity contribution is -0.163. The molecule has 0 spiro atoms. The van der Waals surface area contributed by atoms with Gasteiger partial charge in [-0.3, -0.25) is 19.2 Å². The van der Waals surface area contributed by atoms with Gasteiger partial charge in [0.25, 0.3) is 0 Å². The van der Waals surface area contributed by atoms with Gasteiger partial charge >= 0.3 is 23.9 Å². The number of hydrogen-bond acceptors (Lipinski definition) is 12. The Morgan fingerprint density at radius 2 is 1.04 bits per heavy atom. The van der Waals surface area contributed by atoms with Crippen LogP contribution in [0, 0.1) is 11.8 Å². The van der Waals surface area contributed by atoms with Crippen LogP contribution in [0.1, 0.15) is 79.1 Å². The van der Waals surface area contributed by atoms with Gasteiger partial charge in [-0.15, -0.1) is 0 Å². The van der Waals surface area contributed by atoms with Crippen molar-refractivity contribution >= 4 is 45.7 Å². The molecule has 0 saturated carbocycles. The molecule has 0 aliphatic heterocycles. The molecule has 0 aliphatic carbocycles. The highest BCUT2D eigenvalue weighted by Gasteiger charge is 2.29. The largest absolute Gasteiger partial charge is 0.494 e. The highest BCUT2D eigenvalue weighted by Crippen LogP contribution is 2.31. The van der Waals surface area contributed by atoms with Gasteiger partial charge in [-0.05, 0) is 101 Å². The predicted molar refractivity (Wildman–Crippen MR) is 198 cm³/mol. The molecule has 0 amide bonds. The molecule has 3 aromatic carbocycles. The molecular formula is C41H51NO11. The number of aromatic nitrogens is 1. The Hall–Kier alpha value is -5.13. The van der Waals surface area contributed by atoms with Crippen molar-refractivity contribution in [1.29, 1.82) is 0 Å². The number of fused-ring (bicyclic) bond motifs is 2. The van der Waals surface area contributed by atoms with Crippen LogP contribution in [0.25, 0.3) is 33.3 Å². The third-order valence-corrected chi connectivity index (χ3v) is 8.51. The Bertz CT molecular complexity index is 1760. The zero-order valence-electron chi connectivity index (χ0n) is 31.2. The molecule has 0 aliphatic rings. The summed E-state index contributed by atoms with van der Waals surface area (Å²) in [6.45, 7) is 8.71. The molecule has 0 unspecified atom stereocenters. The van der Waals surface area contributed by atoms with E-state index < -0.39 is 35.7 Å². The van der Waals surface area contributed by atoms with E-state index in [1.165, 1.54) is 0 Å². The van der Waals surface area contributed by atoms with Crippen molar-refractivity contribution in [3.63, 3.8) is 0 Å². The third-order valence-electron chi connectivity index (χ3n) is 8.51. The Kier molecular flexibility index (Phi) is 16.4. The van der Waals surface area contributed by atoms with Crippen LogP contribution < -0.4 is 9.47 Å². The lowest BCUT2D eigenvalue weighted by atomic mass is 10.0. The number of nitrogens with zero attached hydrogens (tertiary/aromatic N) is 1. The van der Waals surface area contributed by atoms with Crippen LogP contribution in [0.15, 0.2) is 59.0 Å². The van der Waals surface area contributed by atoms with E-state index >= 15 is 0 Å². The molecule has 4 aromatic rings. The summed E-state index contributed by atoms with van der Waals surface area (Å²) in [6.07, 6.45) is 5.20. The molecule has 0 atom stereocenters. The maximum atomic E-state index is 12.2. The predicted octanol–water partition coefficient (Wildman–Crippen LogP) is 8.01. The fraction of sp³-hybridized carbons (Fsp3) is 0.488. The van der Waals surface area contributed by atoms with Gasteiger partial charge in [0.2, 0.25) is 5.89 Å². The summed E-state index contributed by atoms with van der Waals surface area (Å²) < 4.78 is 38.2. The molecule has 0 saturated heterocycles. The second-order valence-corrected chi connectivity index (χ2v) is 12.4. The fourth-order valence-electron chi connectivity index (χ4n) is 5.83. The number of benzene rings is 3. The molecule has 0 radical (unpaired) electrons. The molecule has 4 rings (SSSR count). The number of carbonyl (C=O) groups is 4. The molecule has 0 N–H and O–H groups in total. The molecule has 1 heterocycles. The lowest BCUT2D eigenvalue weighted by Gasteiger charge is -2.14. The van der Waals surface area contributed by atoms with Crippen molar-refractivity contribution in [3.8, 4) is 23.0 Å². The van der Waals surface area contributed by atoms with E-state index in [1.807, 2.05) is 54.6 Å². The monoisotopic (exact) mass is 733 g/mol. The van der Waals surface area contributed by atoms with Crippen LogP contribution in [0.3, 0.4) is 0 Å². The zero-order valence-corrected chi connectivity index (χ0v) is 31.2. The van der Waals surface area contributed by atoms with E-state index in [-0.39, 0.29) is 26.4 Å². The molecule has 0 fully saturated rings. The minimum Gasteiger partial charge on any atom is -0.494 e. The number of oxazole rings is 1. The molecule has 0 bridgehead atoms. The molecule has 286 valence electrons. The summed E-state index contributed by atoms with van der Waals surface area (Å²) in [5, 5.41) is 2.03. The molecule has 1 aromatic heterocycles. The Labute approximate surface area is 310 Å². The second kappa shape index (κ2) is 21.4. The average molecular weight is 734 g/mol. The molecule has 12 nitrogen and oxygen atoms in total. The normalized spacial score (nSPS) is 11.2. The van der Waals surface area contributed by atoms with E-state index in [9.17, 15) is 19.2 Å². The molecule has 53 heavy (non-hydrogen) atoms. The summed E-state index contributed by atoms with van der Waals surface area (Å²) in [5.74, 6) is -1.99. The minimum atomic E-state index is -0.896. The number of ether oxygens (including phenoxy) is 6. The van der Waals surface area contributed by atoms with Crippen molar-refractivity contribution in [2.75, 3.05) is 39.6 Å². The van der Waals surface area contributed by atoms with E-state index in [1.54, 1.807) is 27.7 Å². The standard InChI is InChI=1S/C41H51NO11/c1-5-47-38(43)33(39(44)48-6-2)15-11-9-13-23-51-31-20-19-28-25-30(18-17-29(28)26-31)37-42-35-22-21-32(27-36(35)53-37)52-24-14-10-12-16-34(40(45)49-7-3)41(46)50-8-4/h17-22,25-27,33-34H,5-16,23-24H2,1-4H3. The van der Waals surface area contributed by atoms with Gasteiger partial charge in [0.15, 0.2) is 17.4 Å². The van der Waals surface area contributed by atoms with E-state index in [0.29, 0.717) is 56.1 Å². The maximum Gasteiger partial charge on any atom is 0.320 e. The number of carbonyl (C=O) groups excluding carboxylic acids is 4. The first-order valence-corrected chi connectivity index (χ1v) is 18.6. The number of hydrogen-bond donors (Lipinski definition) is 0. The summed E-state index contributed by atoms with van der Waals surface area (Å²) in [4.78, 5) is 53.4. The van der Waals surface area contributed by atoms with Gasteiger partial charge in [0.05, 0.1) is 39.6 Å². The fourth-order valence-corrected chi connectivity index (χ4v) is 5.83. The Balaban J connectivity index is 1.23. The smallest absolute Gasteiger partial charge is 0.320 e. The third kappa shape index (κ3) is 12.2. The van der Waals surface area contributed by atoms with Gasteiger partial charge < -0.3 is 32.8 Å². The number of unbranched alkanes of at least 4 members (excludes halogenated alkanes) is 4. The van der Waals surface area contributed by atoms with Crippen molar-refractivity contribution < 1.29 is 52.0 Å². The van der Waals surface area contributed by atoms with Gasteiger partial charge in [0, 0.05) is 11.6 Å².